The Labute approximate surface area is 162 Å². The van der Waals surface area contributed by atoms with Gasteiger partial charge in [0.2, 0.25) is 0 Å². The second kappa shape index (κ2) is 7.49. The average molecular weight is 436 g/mol. The van der Waals surface area contributed by atoms with Crippen LogP contribution in [0.4, 0.5) is 5.82 Å². The average Bonchev–Trinajstić information content (AvgIpc) is 3.23. The van der Waals surface area contributed by atoms with Crippen LogP contribution in [0.25, 0.3) is 11.2 Å². The van der Waals surface area contributed by atoms with Crippen molar-refractivity contribution < 1.29 is 20.1 Å². The highest BCUT2D eigenvalue weighted by Crippen LogP contribution is 2.32. The number of aromatic nitrogens is 4. The maximum Gasteiger partial charge on any atom is 0.167 e. The Bertz CT molecular complexity index is 935. The normalized spacial score (nSPS) is 25.2. The van der Waals surface area contributed by atoms with E-state index in [-0.39, 0.29) is 0 Å². The Morgan fingerprint density at radius 1 is 1.11 bits per heavy atom. The van der Waals surface area contributed by atoms with Gasteiger partial charge in [0.25, 0.3) is 0 Å². The number of aliphatic hydroxyl groups excluding tert-OH is 3. The molecule has 142 valence electrons. The van der Waals surface area contributed by atoms with E-state index >= 15 is 0 Å². The molecule has 4 rings (SSSR count). The molecule has 1 aromatic carbocycles. The standard InChI is InChI=1S/C17H18BrN5O4/c18-10-3-1-9(2-4-10)5-19-15-12-16(21-7-20-15)23(8-22-12)17-14(26)13(25)11(6-24)27-17/h1-4,7-8,11,13-14,17,24-26H,5-6H2,(H,19,20,21)/t11-,13?,14+,17-/m1/s1. The van der Waals surface area contributed by atoms with Crippen molar-refractivity contribution in [3.05, 3.63) is 47.0 Å². The molecule has 0 spiro atoms. The monoisotopic (exact) mass is 435 g/mol. The number of anilines is 1. The van der Waals surface area contributed by atoms with Gasteiger partial charge in [-0.2, -0.15) is 0 Å². The molecule has 9 nitrogen and oxygen atoms in total. The van der Waals surface area contributed by atoms with Gasteiger partial charge < -0.3 is 25.4 Å². The molecule has 1 aliphatic heterocycles. The summed E-state index contributed by atoms with van der Waals surface area (Å²) >= 11 is 3.41. The van der Waals surface area contributed by atoms with Gasteiger partial charge in [-0.25, -0.2) is 15.0 Å². The minimum absolute atomic E-state index is 0.393. The highest BCUT2D eigenvalue weighted by molar-refractivity contribution is 9.10. The van der Waals surface area contributed by atoms with E-state index in [1.807, 2.05) is 24.3 Å². The highest BCUT2D eigenvalue weighted by Gasteiger charge is 2.44. The summed E-state index contributed by atoms with van der Waals surface area (Å²) in [6.07, 6.45) is -1.27. The number of nitrogens with zero attached hydrogens (tertiary/aromatic N) is 4. The molecular weight excluding hydrogens is 418 g/mol. The zero-order valence-corrected chi connectivity index (χ0v) is 15.7. The van der Waals surface area contributed by atoms with E-state index in [1.165, 1.54) is 17.2 Å². The summed E-state index contributed by atoms with van der Waals surface area (Å²) in [5.74, 6) is 0.549. The van der Waals surface area contributed by atoms with Crippen molar-refractivity contribution in [2.75, 3.05) is 11.9 Å². The Hall–Kier alpha value is -2.11. The smallest absolute Gasteiger partial charge is 0.167 e. The Kier molecular flexibility index (Phi) is 5.06. The maximum absolute atomic E-state index is 10.2. The van der Waals surface area contributed by atoms with Crippen LogP contribution in [0.15, 0.2) is 41.4 Å². The first-order valence-electron chi connectivity index (χ1n) is 8.37. The van der Waals surface area contributed by atoms with Crippen molar-refractivity contribution in [1.29, 1.82) is 0 Å². The number of hydrogen-bond donors (Lipinski definition) is 4. The van der Waals surface area contributed by atoms with Crippen molar-refractivity contribution >= 4 is 32.9 Å². The van der Waals surface area contributed by atoms with Gasteiger partial charge in [0.15, 0.2) is 23.2 Å². The van der Waals surface area contributed by atoms with Gasteiger partial charge in [0.1, 0.15) is 24.6 Å². The molecule has 4 N–H and O–H groups in total. The van der Waals surface area contributed by atoms with Gasteiger partial charge in [0.05, 0.1) is 12.9 Å². The lowest BCUT2D eigenvalue weighted by atomic mass is 10.1. The minimum atomic E-state index is -1.20. The number of fused-ring (bicyclic) bond motifs is 1. The number of benzene rings is 1. The summed E-state index contributed by atoms with van der Waals surface area (Å²) in [6.45, 7) is 0.163. The highest BCUT2D eigenvalue weighted by atomic mass is 79.9. The molecule has 3 aromatic rings. The van der Waals surface area contributed by atoms with E-state index in [4.69, 9.17) is 4.74 Å². The van der Waals surface area contributed by atoms with Crippen molar-refractivity contribution in [3.8, 4) is 0 Å². The number of rotatable bonds is 5. The van der Waals surface area contributed by atoms with E-state index in [2.05, 4.69) is 36.2 Å². The first-order valence-corrected chi connectivity index (χ1v) is 9.16. The third kappa shape index (κ3) is 3.42. The van der Waals surface area contributed by atoms with E-state index < -0.39 is 31.1 Å². The van der Waals surface area contributed by atoms with Crippen LogP contribution in [0.5, 0.6) is 0 Å². The third-order valence-corrected chi connectivity index (χ3v) is 5.05. The molecule has 2 aromatic heterocycles. The molecule has 27 heavy (non-hydrogen) atoms. The fourth-order valence-corrected chi connectivity index (χ4v) is 3.33. The number of ether oxygens (including phenoxy) is 1. The van der Waals surface area contributed by atoms with Crippen molar-refractivity contribution in [1.82, 2.24) is 19.5 Å². The van der Waals surface area contributed by atoms with Crippen LogP contribution in [0.3, 0.4) is 0 Å². The van der Waals surface area contributed by atoms with Crippen LogP contribution in [0.1, 0.15) is 11.8 Å². The lowest BCUT2D eigenvalue weighted by Crippen LogP contribution is -2.33. The lowest BCUT2D eigenvalue weighted by molar-refractivity contribution is -0.0511. The van der Waals surface area contributed by atoms with E-state index in [0.29, 0.717) is 23.5 Å². The summed E-state index contributed by atoms with van der Waals surface area (Å²) in [4.78, 5) is 12.8. The molecule has 1 saturated heterocycles. The molecule has 0 radical (unpaired) electrons. The van der Waals surface area contributed by atoms with Crippen LogP contribution in [-0.4, -0.2) is 59.8 Å². The second-order valence-electron chi connectivity index (χ2n) is 6.26. The van der Waals surface area contributed by atoms with Gasteiger partial charge in [-0.1, -0.05) is 28.1 Å². The summed E-state index contributed by atoms with van der Waals surface area (Å²) in [7, 11) is 0. The summed E-state index contributed by atoms with van der Waals surface area (Å²) in [5, 5.41) is 32.7. The number of hydrogen-bond acceptors (Lipinski definition) is 8. The number of halogens is 1. The predicted molar refractivity (Wildman–Crippen MR) is 99.8 cm³/mol. The predicted octanol–water partition coefficient (Wildman–Crippen LogP) is 0.812. The molecule has 1 aliphatic rings. The fourth-order valence-electron chi connectivity index (χ4n) is 3.07. The molecule has 0 amide bonds. The van der Waals surface area contributed by atoms with Crippen molar-refractivity contribution in [2.45, 2.75) is 31.1 Å². The molecule has 1 fully saturated rings. The maximum atomic E-state index is 10.2. The molecule has 10 heteroatoms. The zero-order chi connectivity index (χ0) is 19.0. The molecule has 3 heterocycles. The topological polar surface area (TPSA) is 126 Å². The number of aliphatic hydroxyl groups is 3. The first kappa shape index (κ1) is 18.3. The fraction of sp³-hybridized carbons (Fsp3) is 0.353. The van der Waals surface area contributed by atoms with Gasteiger partial charge in [-0.3, -0.25) is 4.57 Å². The quantitative estimate of drug-likeness (QED) is 0.463. The third-order valence-electron chi connectivity index (χ3n) is 4.52. The molecule has 0 saturated carbocycles. The largest absolute Gasteiger partial charge is 0.394 e. The second-order valence-corrected chi connectivity index (χ2v) is 7.17. The van der Waals surface area contributed by atoms with E-state index in [1.54, 1.807) is 0 Å². The van der Waals surface area contributed by atoms with E-state index in [0.717, 1.165) is 10.0 Å². The Morgan fingerprint density at radius 3 is 2.59 bits per heavy atom. The summed E-state index contributed by atoms with van der Waals surface area (Å²) in [5.41, 5.74) is 2.05. The van der Waals surface area contributed by atoms with E-state index in [9.17, 15) is 15.3 Å². The van der Waals surface area contributed by atoms with Gasteiger partial charge in [-0.05, 0) is 17.7 Å². The molecule has 1 unspecified atom stereocenters. The lowest BCUT2D eigenvalue weighted by Gasteiger charge is -2.16. The van der Waals surface area contributed by atoms with Crippen LogP contribution in [-0.2, 0) is 11.3 Å². The molecule has 0 aliphatic carbocycles. The zero-order valence-electron chi connectivity index (χ0n) is 14.1. The molecule has 4 atom stereocenters. The van der Waals surface area contributed by atoms with Gasteiger partial charge in [0, 0.05) is 11.0 Å². The van der Waals surface area contributed by atoms with Gasteiger partial charge in [-0.15, -0.1) is 0 Å². The SMILES string of the molecule is OC[C@H]1O[C@@H](n2cnc3c(NCc4ccc(Br)cc4)ncnc32)[C@@H](O)C1O. The number of imidazole rings is 1. The summed E-state index contributed by atoms with van der Waals surface area (Å²) in [6, 6.07) is 7.91. The Balaban J connectivity index is 1.59. The Morgan fingerprint density at radius 2 is 1.89 bits per heavy atom. The first-order chi connectivity index (χ1) is 13.1. The van der Waals surface area contributed by atoms with Crippen molar-refractivity contribution in [3.63, 3.8) is 0 Å². The number of nitrogens with one attached hydrogen (secondary N) is 1. The van der Waals surface area contributed by atoms with Gasteiger partial charge >= 0.3 is 0 Å². The van der Waals surface area contributed by atoms with Crippen LogP contribution in [0, 0.1) is 0 Å². The van der Waals surface area contributed by atoms with Crippen molar-refractivity contribution in [2.24, 2.45) is 0 Å². The van der Waals surface area contributed by atoms with Crippen LogP contribution in [0.2, 0.25) is 0 Å². The minimum Gasteiger partial charge on any atom is -0.394 e. The van der Waals surface area contributed by atoms with Crippen LogP contribution >= 0.6 is 15.9 Å². The molecular formula is C17H18BrN5O4. The summed E-state index contributed by atoms with van der Waals surface area (Å²) < 4.78 is 8.10. The van der Waals surface area contributed by atoms with Crippen LogP contribution < -0.4 is 5.32 Å². The molecule has 0 bridgehead atoms.